The third kappa shape index (κ3) is 2.53. The summed E-state index contributed by atoms with van der Waals surface area (Å²) in [7, 11) is 1.27. The van der Waals surface area contributed by atoms with Gasteiger partial charge in [0.05, 0.1) is 11.6 Å². The monoisotopic (exact) mass is 399 g/mol. The normalized spacial score (nSPS) is 28.1. The van der Waals surface area contributed by atoms with Crippen LogP contribution in [0.2, 0.25) is 0 Å². The molecule has 1 N–H and O–H groups in total. The van der Waals surface area contributed by atoms with E-state index in [2.05, 4.69) is 5.32 Å². The Morgan fingerprint density at radius 3 is 2.70 bits per heavy atom. The van der Waals surface area contributed by atoms with Crippen molar-refractivity contribution >= 4 is 35.3 Å². The van der Waals surface area contributed by atoms with Gasteiger partial charge in [-0.25, -0.2) is 4.79 Å². The number of alkyl halides is 3. The van der Waals surface area contributed by atoms with Crippen LogP contribution in [0.15, 0.2) is 18.2 Å². The number of benzene rings is 1. The van der Waals surface area contributed by atoms with Gasteiger partial charge in [-0.2, -0.15) is 24.9 Å². The number of carbonyl (C=O) groups is 3. The van der Waals surface area contributed by atoms with Gasteiger partial charge in [0, 0.05) is 30.8 Å². The van der Waals surface area contributed by atoms with Gasteiger partial charge in [-0.05, 0) is 30.2 Å². The van der Waals surface area contributed by atoms with Crippen LogP contribution >= 0.6 is 11.8 Å². The zero-order valence-corrected chi connectivity index (χ0v) is 15.1. The molecule has 1 aromatic rings. The van der Waals surface area contributed by atoms with Gasteiger partial charge >= 0.3 is 12.2 Å². The van der Waals surface area contributed by atoms with E-state index in [0.717, 1.165) is 22.8 Å². The molecule has 0 unspecified atom stereocenters. The van der Waals surface area contributed by atoms with Crippen molar-refractivity contribution in [1.82, 2.24) is 10.2 Å². The predicted octanol–water partition coefficient (Wildman–Crippen LogP) is 1.88. The summed E-state index contributed by atoms with van der Waals surface area (Å²) < 4.78 is 39.5. The summed E-state index contributed by atoms with van der Waals surface area (Å²) in [5.41, 5.74) is -1.54. The minimum atomic E-state index is -4.53. The first-order valence-corrected chi connectivity index (χ1v) is 9.50. The Bertz CT molecular complexity index is 860. The number of thioether (sulfide) groups is 1. The molecule has 2 saturated heterocycles. The van der Waals surface area contributed by atoms with Gasteiger partial charge in [-0.1, -0.05) is 0 Å². The van der Waals surface area contributed by atoms with Crippen LogP contribution in [0, 0.1) is 5.41 Å². The van der Waals surface area contributed by atoms with Crippen LogP contribution in [0.4, 0.5) is 23.7 Å². The summed E-state index contributed by atoms with van der Waals surface area (Å²) in [6.45, 7) is 0.508. The van der Waals surface area contributed by atoms with Crippen molar-refractivity contribution in [3.05, 3.63) is 29.3 Å². The number of imide groups is 2. The maximum absolute atomic E-state index is 13.2. The molecular weight excluding hydrogens is 383 g/mol. The molecule has 0 saturated carbocycles. The Labute approximate surface area is 157 Å². The molecule has 0 bridgehead atoms. The van der Waals surface area contributed by atoms with E-state index in [1.165, 1.54) is 13.1 Å². The first kappa shape index (κ1) is 18.1. The molecule has 3 aliphatic heterocycles. The zero-order valence-electron chi connectivity index (χ0n) is 14.3. The second-order valence-corrected chi connectivity index (χ2v) is 8.05. The molecular formula is C17H16F3N3O3S. The standard InChI is InChI=1S/C17H16F3N3O3S/c1-22-14(25)16(13(24)21-15(22)26)7-9-6-10(17(18,19)20)2-3-11(9)23-4-5-27-8-12(16)23/h2-3,6,12H,4-5,7-8H2,1H3,(H,21,24,26)/t12-,16+/m0/s1. The lowest BCUT2D eigenvalue weighted by atomic mass is 9.69. The average molecular weight is 399 g/mol. The van der Waals surface area contributed by atoms with E-state index in [0.29, 0.717) is 23.5 Å². The van der Waals surface area contributed by atoms with Gasteiger partial charge < -0.3 is 4.90 Å². The lowest BCUT2D eigenvalue weighted by Gasteiger charge is -2.53. The third-order valence-corrected chi connectivity index (χ3v) is 6.52. The van der Waals surface area contributed by atoms with Crippen molar-refractivity contribution in [2.75, 3.05) is 30.0 Å². The van der Waals surface area contributed by atoms with E-state index in [4.69, 9.17) is 0 Å². The molecule has 4 amide bonds. The van der Waals surface area contributed by atoms with Crippen molar-refractivity contribution < 1.29 is 27.6 Å². The van der Waals surface area contributed by atoms with Crippen LogP contribution in [-0.2, 0) is 22.2 Å². The van der Waals surface area contributed by atoms with Crippen molar-refractivity contribution in [3.63, 3.8) is 0 Å². The first-order valence-electron chi connectivity index (χ1n) is 8.34. The van der Waals surface area contributed by atoms with Crippen LogP contribution in [0.25, 0.3) is 0 Å². The van der Waals surface area contributed by atoms with Gasteiger partial charge in [0.25, 0.3) is 0 Å². The minimum Gasteiger partial charge on any atom is -0.365 e. The highest BCUT2D eigenvalue weighted by atomic mass is 32.2. The quantitative estimate of drug-likeness (QED) is 0.675. The molecule has 4 rings (SSSR count). The topological polar surface area (TPSA) is 69.7 Å². The summed E-state index contributed by atoms with van der Waals surface area (Å²) in [6, 6.07) is 2.10. The van der Waals surface area contributed by atoms with E-state index in [1.807, 2.05) is 4.90 Å². The lowest BCUT2D eigenvalue weighted by Crippen LogP contribution is -2.72. The molecule has 1 spiro atoms. The van der Waals surface area contributed by atoms with E-state index in [-0.39, 0.29) is 6.42 Å². The number of nitrogens with one attached hydrogen (secondary N) is 1. The maximum atomic E-state index is 13.2. The average Bonchev–Trinajstić information content (AvgIpc) is 2.63. The largest absolute Gasteiger partial charge is 0.416 e. The van der Waals surface area contributed by atoms with Gasteiger partial charge in [-0.15, -0.1) is 0 Å². The number of fused-ring (bicyclic) bond motifs is 4. The Balaban J connectivity index is 1.89. The minimum absolute atomic E-state index is 0.170. The number of anilines is 1. The van der Waals surface area contributed by atoms with Crippen LogP contribution in [0.5, 0.6) is 0 Å². The number of rotatable bonds is 0. The molecule has 3 aliphatic rings. The molecule has 2 fully saturated rings. The van der Waals surface area contributed by atoms with Crippen LogP contribution < -0.4 is 10.2 Å². The summed E-state index contributed by atoms with van der Waals surface area (Å²) in [4.78, 5) is 40.4. The van der Waals surface area contributed by atoms with Crippen molar-refractivity contribution in [3.8, 4) is 0 Å². The van der Waals surface area contributed by atoms with Gasteiger partial charge in [-0.3, -0.25) is 19.8 Å². The fourth-order valence-corrected chi connectivity index (χ4v) is 5.31. The molecule has 27 heavy (non-hydrogen) atoms. The smallest absolute Gasteiger partial charge is 0.365 e. The second kappa shape index (κ2) is 5.88. The highest BCUT2D eigenvalue weighted by Gasteiger charge is 2.61. The Morgan fingerprint density at radius 1 is 1.26 bits per heavy atom. The first-order chi connectivity index (χ1) is 12.7. The Morgan fingerprint density at radius 2 is 2.00 bits per heavy atom. The molecule has 0 aromatic heterocycles. The molecule has 0 aliphatic carbocycles. The molecule has 0 radical (unpaired) electrons. The zero-order chi connectivity index (χ0) is 19.6. The number of carbonyl (C=O) groups excluding carboxylic acids is 3. The number of nitrogens with zero attached hydrogens (tertiary/aromatic N) is 2. The number of urea groups is 1. The molecule has 2 atom stereocenters. The van der Waals surface area contributed by atoms with E-state index in [1.54, 1.807) is 11.8 Å². The molecule has 6 nitrogen and oxygen atoms in total. The summed E-state index contributed by atoms with van der Waals surface area (Å²) >= 11 is 1.58. The highest BCUT2D eigenvalue weighted by molar-refractivity contribution is 7.99. The van der Waals surface area contributed by atoms with Crippen molar-refractivity contribution in [1.29, 1.82) is 0 Å². The Hall–Kier alpha value is -2.23. The van der Waals surface area contributed by atoms with Gasteiger partial charge in [0.15, 0.2) is 5.41 Å². The van der Waals surface area contributed by atoms with Crippen molar-refractivity contribution in [2.24, 2.45) is 5.41 Å². The van der Waals surface area contributed by atoms with Gasteiger partial charge in [0.2, 0.25) is 11.8 Å². The number of halogens is 3. The summed E-state index contributed by atoms with van der Waals surface area (Å²) in [5, 5.41) is 2.20. The van der Waals surface area contributed by atoms with Crippen molar-refractivity contribution in [2.45, 2.75) is 18.6 Å². The van der Waals surface area contributed by atoms with E-state index >= 15 is 0 Å². The van der Waals surface area contributed by atoms with Crippen LogP contribution in [0.3, 0.4) is 0 Å². The van der Waals surface area contributed by atoms with E-state index in [9.17, 15) is 27.6 Å². The molecule has 3 heterocycles. The maximum Gasteiger partial charge on any atom is 0.416 e. The van der Waals surface area contributed by atoms with Crippen LogP contribution in [0.1, 0.15) is 11.1 Å². The fraction of sp³-hybridized carbons (Fsp3) is 0.471. The van der Waals surface area contributed by atoms with Crippen LogP contribution in [-0.4, -0.2) is 53.9 Å². The number of amides is 4. The summed E-state index contributed by atoms with van der Waals surface area (Å²) in [5.74, 6) is -0.202. The van der Waals surface area contributed by atoms with Gasteiger partial charge in [0.1, 0.15) is 0 Å². The Kier molecular flexibility index (Phi) is 3.95. The fourth-order valence-electron chi connectivity index (χ4n) is 4.13. The number of hydrogen-bond acceptors (Lipinski definition) is 5. The SMILES string of the molecule is CN1C(=O)NC(=O)[C@]2(Cc3cc(C(F)(F)F)ccc3N3CCSC[C@H]32)C1=O. The third-order valence-electron chi connectivity index (χ3n) is 5.50. The number of hydrogen-bond donors (Lipinski definition) is 1. The highest BCUT2D eigenvalue weighted by Crippen LogP contribution is 2.47. The molecule has 144 valence electrons. The second-order valence-electron chi connectivity index (χ2n) is 6.90. The van der Waals surface area contributed by atoms with E-state index < -0.39 is 41.0 Å². The molecule has 10 heteroatoms. The summed E-state index contributed by atoms with van der Waals surface area (Å²) in [6.07, 6.45) is -4.70. The predicted molar refractivity (Wildman–Crippen MR) is 92.3 cm³/mol. The molecule has 1 aromatic carbocycles. The number of barbiturate groups is 1. The lowest BCUT2D eigenvalue weighted by molar-refractivity contribution is -0.152.